The Morgan fingerprint density at radius 3 is 1.81 bits per heavy atom. The van der Waals surface area contributed by atoms with Crippen LogP contribution in [-0.4, -0.2) is 36.1 Å². The second kappa shape index (κ2) is 14.0. The highest BCUT2D eigenvalue weighted by Gasteiger charge is 2.23. The molecule has 1 saturated heterocycles. The van der Waals surface area contributed by atoms with Crippen LogP contribution in [0.15, 0.2) is 127 Å². The summed E-state index contributed by atoms with van der Waals surface area (Å²) in [6.07, 6.45) is 2.33. The number of pyridine rings is 1. The normalized spacial score (nSPS) is 13.7. The minimum atomic E-state index is 0.439. The highest BCUT2D eigenvalue weighted by Crippen LogP contribution is 2.33. The maximum atomic E-state index is 6.29. The summed E-state index contributed by atoms with van der Waals surface area (Å²) >= 11 is 0. The minimum absolute atomic E-state index is 0.439. The molecule has 5 heteroatoms. The van der Waals surface area contributed by atoms with Crippen molar-refractivity contribution >= 4 is 5.69 Å². The minimum Gasteiger partial charge on any atom is -0.473 e. The largest absolute Gasteiger partial charge is 0.473 e. The lowest BCUT2D eigenvalue weighted by molar-refractivity contribution is 0.200. The van der Waals surface area contributed by atoms with Crippen molar-refractivity contribution in [1.29, 1.82) is 0 Å². The van der Waals surface area contributed by atoms with Crippen LogP contribution in [-0.2, 0) is 19.8 Å². The van der Waals surface area contributed by atoms with E-state index in [4.69, 9.17) is 14.5 Å². The van der Waals surface area contributed by atoms with E-state index in [2.05, 4.69) is 89.6 Å². The third kappa shape index (κ3) is 7.62. The predicted molar refractivity (Wildman–Crippen MR) is 174 cm³/mol. The van der Waals surface area contributed by atoms with Crippen molar-refractivity contribution in [2.45, 2.75) is 38.6 Å². The lowest BCUT2D eigenvalue weighted by Crippen LogP contribution is -2.43. The Morgan fingerprint density at radius 2 is 1.21 bits per heavy atom. The Bertz CT molecular complexity index is 1550. The monoisotopic (exact) mass is 569 g/mol. The van der Waals surface area contributed by atoms with Crippen molar-refractivity contribution in [3.63, 3.8) is 0 Å². The third-order valence-corrected chi connectivity index (χ3v) is 8.19. The average Bonchev–Trinajstić information content (AvgIpc) is 3.08. The first-order valence-electron chi connectivity index (χ1n) is 15.2. The summed E-state index contributed by atoms with van der Waals surface area (Å²) in [7, 11) is 2.26. The molecule has 1 aromatic heterocycles. The molecule has 43 heavy (non-hydrogen) atoms. The van der Waals surface area contributed by atoms with Gasteiger partial charge < -0.3 is 14.4 Å². The van der Waals surface area contributed by atoms with Crippen LogP contribution >= 0.6 is 0 Å². The fourth-order valence-electron chi connectivity index (χ4n) is 5.71. The molecule has 1 aliphatic rings. The topological polar surface area (TPSA) is 37.8 Å². The Kier molecular flexibility index (Phi) is 9.31. The van der Waals surface area contributed by atoms with E-state index in [1.165, 1.54) is 11.3 Å². The molecule has 0 amide bonds. The summed E-state index contributed by atoms with van der Waals surface area (Å²) < 4.78 is 12.3. The number of hydrogen-bond donors (Lipinski definition) is 0. The second-order valence-corrected chi connectivity index (χ2v) is 11.2. The van der Waals surface area contributed by atoms with Gasteiger partial charge in [0.25, 0.3) is 0 Å². The van der Waals surface area contributed by atoms with Gasteiger partial charge in [-0.1, -0.05) is 103 Å². The summed E-state index contributed by atoms with van der Waals surface area (Å²) in [5.41, 5.74) is 6.86. The fourth-order valence-corrected chi connectivity index (χ4v) is 5.71. The highest BCUT2D eigenvalue weighted by atomic mass is 16.5. The summed E-state index contributed by atoms with van der Waals surface area (Å²) in [6, 6.07) is 44.5. The summed E-state index contributed by atoms with van der Waals surface area (Å²) in [5, 5.41) is 0. The number of hydrogen-bond acceptors (Lipinski definition) is 5. The molecule has 0 aliphatic carbocycles. The average molecular weight is 570 g/mol. The first-order valence-corrected chi connectivity index (χ1v) is 15.2. The Balaban J connectivity index is 1.12. The maximum Gasteiger partial charge on any atom is 0.225 e. The second-order valence-electron chi connectivity index (χ2n) is 11.2. The van der Waals surface area contributed by atoms with E-state index < -0.39 is 0 Å². The number of piperidine rings is 1. The highest BCUT2D eigenvalue weighted by molar-refractivity contribution is 5.71. The molecule has 2 heterocycles. The first kappa shape index (κ1) is 28.5. The van der Waals surface area contributed by atoms with E-state index in [0.717, 1.165) is 54.7 Å². The molecule has 5 aromatic rings. The van der Waals surface area contributed by atoms with Gasteiger partial charge in [-0.2, -0.15) is 4.98 Å². The zero-order valence-electron chi connectivity index (χ0n) is 24.8. The fraction of sp³-hybridized carbons (Fsp3) is 0.237. The number of anilines is 1. The van der Waals surface area contributed by atoms with E-state index in [9.17, 15) is 0 Å². The molecule has 0 atom stereocenters. The molecule has 1 fully saturated rings. The lowest BCUT2D eigenvalue weighted by atomic mass is 10.0. The molecule has 0 unspecified atom stereocenters. The van der Waals surface area contributed by atoms with Crippen molar-refractivity contribution in [2.24, 2.45) is 0 Å². The molecule has 0 spiro atoms. The van der Waals surface area contributed by atoms with Gasteiger partial charge in [0.1, 0.15) is 13.2 Å². The van der Waals surface area contributed by atoms with Crippen molar-refractivity contribution < 1.29 is 9.47 Å². The molecular formula is C38H39N3O2. The van der Waals surface area contributed by atoms with E-state index in [1.807, 2.05) is 54.6 Å². The zero-order chi connectivity index (χ0) is 29.3. The Labute approximate surface area is 255 Å². The number of ether oxygens (including phenoxy) is 2. The third-order valence-electron chi connectivity index (χ3n) is 8.19. The van der Waals surface area contributed by atoms with E-state index in [-0.39, 0.29) is 0 Å². The maximum absolute atomic E-state index is 6.29. The van der Waals surface area contributed by atoms with Crippen molar-refractivity contribution in [3.8, 4) is 22.9 Å². The Morgan fingerprint density at radius 1 is 0.651 bits per heavy atom. The number of rotatable bonds is 11. The van der Waals surface area contributed by atoms with Crippen LogP contribution in [0.4, 0.5) is 5.69 Å². The molecule has 5 nitrogen and oxygen atoms in total. The number of benzene rings is 4. The SMILES string of the molecule is CN(Cc1ccccc1)C1CCN(c2ccc(-c3ccc(OCc4ccccc4)nc3OCc3ccccc3)cc2)CC1. The van der Waals surface area contributed by atoms with Crippen molar-refractivity contribution in [3.05, 3.63) is 144 Å². The van der Waals surface area contributed by atoms with Crippen LogP contribution in [0.2, 0.25) is 0 Å². The molecule has 0 saturated carbocycles. The van der Waals surface area contributed by atoms with Gasteiger partial charge in [0.15, 0.2) is 0 Å². The van der Waals surface area contributed by atoms with Crippen molar-refractivity contribution in [1.82, 2.24) is 9.88 Å². The molecule has 0 N–H and O–H groups in total. The van der Waals surface area contributed by atoms with Crippen LogP contribution in [0.5, 0.6) is 11.8 Å². The van der Waals surface area contributed by atoms with Gasteiger partial charge in [0, 0.05) is 43.0 Å². The van der Waals surface area contributed by atoms with Crippen LogP contribution in [0, 0.1) is 0 Å². The molecule has 4 aromatic carbocycles. The van der Waals surface area contributed by atoms with E-state index in [1.54, 1.807) is 0 Å². The quantitative estimate of drug-likeness (QED) is 0.161. The van der Waals surface area contributed by atoms with Gasteiger partial charge in [-0.25, -0.2) is 0 Å². The van der Waals surface area contributed by atoms with Crippen molar-refractivity contribution in [2.75, 3.05) is 25.0 Å². The molecule has 6 rings (SSSR count). The smallest absolute Gasteiger partial charge is 0.225 e. The van der Waals surface area contributed by atoms with Gasteiger partial charge in [0.2, 0.25) is 11.8 Å². The molecule has 0 bridgehead atoms. The molecule has 218 valence electrons. The summed E-state index contributed by atoms with van der Waals surface area (Å²) in [6.45, 7) is 4.01. The molecular weight excluding hydrogens is 530 g/mol. The van der Waals surface area contributed by atoms with Crippen LogP contribution < -0.4 is 14.4 Å². The van der Waals surface area contributed by atoms with Gasteiger partial charge in [0.05, 0.1) is 0 Å². The first-order chi connectivity index (χ1) is 21.2. The molecule has 1 aliphatic heterocycles. The van der Waals surface area contributed by atoms with Gasteiger partial charge in [-0.3, -0.25) is 4.90 Å². The number of aromatic nitrogens is 1. The number of nitrogens with zero attached hydrogens (tertiary/aromatic N) is 3. The summed E-state index contributed by atoms with van der Waals surface area (Å²) in [4.78, 5) is 9.80. The molecule has 0 radical (unpaired) electrons. The van der Waals surface area contributed by atoms with Crippen LogP contribution in [0.1, 0.15) is 29.5 Å². The predicted octanol–water partition coefficient (Wildman–Crippen LogP) is 8.01. The van der Waals surface area contributed by atoms with Gasteiger partial charge in [-0.15, -0.1) is 0 Å². The zero-order valence-corrected chi connectivity index (χ0v) is 24.8. The lowest BCUT2D eigenvalue weighted by Gasteiger charge is -2.38. The van der Waals surface area contributed by atoms with Gasteiger partial charge >= 0.3 is 0 Å². The Hall–Kier alpha value is -4.61. The van der Waals surface area contributed by atoms with Crippen LogP contribution in [0.25, 0.3) is 11.1 Å². The van der Waals surface area contributed by atoms with E-state index in [0.29, 0.717) is 31.0 Å². The van der Waals surface area contributed by atoms with E-state index >= 15 is 0 Å². The van der Waals surface area contributed by atoms with Crippen LogP contribution in [0.3, 0.4) is 0 Å². The standard InChI is InChI=1S/C38H39N3O2/c1-40(27-30-11-5-2-6-12-30)34-23-25-41(26-24-34)35-19-17-33(18-20-35)36-21-22-37(42-28-31-13-7-3-8-14-31)39-38(36)43-29-32-15-9-4-10-16-32/h2-22,34H,23-29H2,1H3. The van der Waals surface area contributed by atoms with Gasteiger partial charge in [-0.05, 0) is 60.3 Å². The summed E-state index contributed by atoms with van der Waals surface area (Å²) in [5.74, 6) is 1.12.